The number of ether oxygens (including phenoxy) is 1. The summed E-state index contributed by atoms with van der Waals surface area (Å²) in [6, 6.07) is 16.2. The van der Waals surface area contributed by atoms with Crippen molar-refractivity contribution in [1.82, 2.24) is 29.5 Å². The summed E-state index contributed by atoms with van der Waals surface area (Å²) in [7, 11) is 2.20. The first-order valence-electron chi connectivity index (χ1n) is 15.2. The monoisotopic (exact) mass is 597 g/mol. The van der Waals surface area contributed by atoms with E-state index in [2.05, 4.69) is 46.9 Å². The van der Waals surface area contributed by atoms with Crippen molar-refractivity contribution in [3.63, 3.8) is 0 Å². The van der Waals surface area contributed by atoms with E-state index < -0.39 is 12.1 Å². The number of piperazine rings is 1. The third kappa shape index (κ3) is 6.51. The van der Waals surface area contributed by atoms with Crippen LogP contribution in [-0.2, 0) is 16.1 Å². The van der Waals surface area contributed by atoms with Crippen LogP contribution >= 0.6 is 0 Å². The lowest BCUT2D eigenvalue weighted by Gasteiger charge is -2.41. The summed E-state index contributed by atoms with van der Waals surface area (Å²) in [5.74, 6) is -0.241. The predicted molar refractivity (Wildman–Crippen MR) is 170 cm³/mol. The number of benzene rings is 2. The Balaban J connectivity index is 1.16. The number of rotatable bonds is 7. The molecular formula is C32H39N9O3. The highest BCUT2D eigenvalue weighted by molar-refractivity contribution is 5.98. The summed E-state index contributed by atoms with van der Waals surface area (Å²) in [6.07, 6.45) is 5.14. The van der Waals surface area contributed by atoms with Gasteiger partial charge in [-0.15, -0.1) is 0 Å². The van der Waals surface area contributed by atoms with Gasteiger partial charge in [-0.05, 0) is 56.5 Å². The van der Waals surface area contributed by atoms with Crippen LogP contribution in [0.5, 0.6) is 0 Å². The number of carbonyl (C=O) groups excluding carboxylic acids is 2. The van der Waals surface area contributed by atoms with E-state index in [4.69, 9.17) is 10.8 Å². The maximum absolute atomic E-state index is 11.9. The number of anilines is 3. The van der Waals surface area contributed by atoms with Crippen LogP contribution < -0.4 is 16.4 Å². The molecule has 6 rings (SSSR count). The third-order valence-corrected chi connectivity index (χ3v) is 8.72. The van der Waals surface area contributed by atoms with Gasteiger partial charge in [0.05, 0.1) is 11.4 Å². The smallest absolute Gasteiger partial charge is 0.383 e. The molecule has 1 saturated heterocycles. The van der Waals surface area contributed by atoms with Crippen LogP contribution in [0.3, 0.4) is 0 Å². The van der Waals surface area contributed by atoms with Crippen LogP contribution in [0.25, 0.3) is 22.3 Å². The van der Waals surface area contributed by atoms with Gasteiger partial charge in [0.2, 0.25) is 0 Å². The summed E-state index contributed by atoms with van der Waals surface area (Å²) < 4.78 is 6.68. The summed E-state index contributed by atoms with van der Waals surface area (Å²) in [5.41, 5.74) is 11.2. The molecule has 1 aliphatic carbocycles. The largest absolute Gasteiger partial charge is 0.419 e. The molecule has 230 valence electrons. The van der Waals surface area contributed by atoms with E-state index in [1.807, 2.05) is 36.4 Å². The molecule has 12 heteroatoms. The fourth-order valence-corrected chi connectivity index (χ4v) is 6.31. The van der Waals surface area contributed by atoms with Crippen LogP contribution in [0.4, 0.5) is 22.0 Å². The number of hydrogen-bond acceptors (Lipinski definition) is 10. The van der Waals surface area contributed by atoms with E-state index in [9.17, 15) is 9.59 Å². The predicted octanol–water partition coefficient (Wildman–Crippen LogP) is 4.51. The van der Waals surface area contributed by atoms with E-state index in [0.717, 1.165) is 85.4 Å². The van der Waals surface area contributed by atoms with Gasteiger partial charge in [0.15, 0.2) is 5.65 Å². The standard InChI is InChI=1S/C32H39N9O3/c1-21(42)44-32(43)37-27-6-4-3-5-23(27)19-34-24-9-7-22(8-10-24)29-28-30(33)35-20-36-31(28)41(38-29)26-13-11-25(12-14-26)40-17-15-39(2)16-18-40/h3-10,20,25-26,34H,11-19H2,1-2H3,(H,37,43)(H2,33,35,36). The number of esters is 1. The summed E-state index contributed by atoms with van der Waals surface area (Å²) >= 11 is 0. The van der Waals surface area contributed by atoms with Gasteiger partial charge in [0, 0.05) is 62.6 Å². The first-order valence-corrected chi connectivity index (χ1v) is 15.2. The molecule has 0 bridgehead atoms. The Morgan fingerprint density at radius 1 is 0.955 bits per heavy atom. The Bertz CT molecular complexity index is 1620. The number of nitrogens with two attached hydrogens (primary N) is 1. The van der Waals surface area contributed by atoms with Crippen molar-refractivity contribution in [2.24, 2.45) is 0 Å². The van der Waals surface area contributed by atoms with Gasteiger partial charge in [0.1, 0.15) is 17.8 Å². The molecule has 1 aliphatic heterocycles. The summed E-state index contributed by atoms with van der Waals surface area (Å²) in [4.78, 5) is 37.0. The molecule has 4 N–H and O–H groups in total. The van der Waals surface area contributed by atoms with E-state index in [-0.39, 0.29) is 6.04 Å². The minimum atomic E-state index is -0.813. The first kappa shape index (κ1) is 29.5. The van der Waals surface area contributed by atoms with Gasteiger partial charge in [-0.1, -0.05) is 30.3 Å². The average molecular weight is 598 g/mol. The average Bonchev–Trinajstić information content (AvgIpc) is 3.42. The molecule has 4 aromatic rings. The second kappa shape index (κ2) is 13.0. The van der Waals surface area contributed by atoms with Crippen molar-refractivity contribution in [3.8, 4) is 11.3 Å². The molecule has 1 saturated carbocycles. The van der Waals surface area contributed by atoms with Crippen molar-refractivity contribution in [2.45, 2.75) is 51.2 Å². The molecule has 0 radical (unpaired) electrons. The molecule has 1 amide bonds. The molecule has 3 heterocycles. The quantitative estimate of drug-likeness (QED) is 0.206. The number of nitrogen functional groups attached to an aromatic ring is 1. The molecule has 2 aromatic heterocycles. The number of amides is 1. The highest BCUT2D eigenvalue weighted by atomic mass is 16.6. The zero-order chi connectivity index (χ0) is 30.6. The van der Waals surface area contributed by atoms with Crippen LogP contribution in [-0.4, -0.2) is 80.9 Å². The fourth-order valence-electron chi connectivity index (χ4n) is 6.31. The first-order chi connectivity index (χ1) is 21.4. The maximum atomic E-state index is 11.9. The van der Waals surface area contributed by atoms with Gasteiger partial charge in [-0.25, -0.2) is 19.4 Å². The normalized spacial score (nSPS) is 19.5. The van der Waals surface area contributed by atoms with Gasteiger partial charge < -0.3 is 20.7 Å². The molecule has 2 fully saturated rings. The number of hydrogen-bond donors (Lipinski definition) is 3. The van der Waals surface area contributed by atoms with E-state index >= 15 is 0 Å². The van der Waals surface area contributed by atoms with Crippen LogP contribution in [0.2, 0.25) is 0 Å². The summed E-state index contributed by atoms with van der Waals surface area (Å²) in [6.45, 7) is 6.21. The highest BCUT2D eigenvalue weighted by Crippen LogP contribution is 2.37. The van der Waals surface area contributed by atoms with Crippen molar-refractivity contribution in [2.75, 3.05) is 49.6 Å². The van der Waals surface area contributed by atoms with Crippen LogP contribution in [0, 0.1) is 0 Å². The van der Waals surface area contributed by atoms with Gasteiger partial charge >= 0.3 is 12.1 Å². The molecule has 0 atom stereocenters. The Morgan fingerprint density at radius 2 is 1.66 bits per heavy atom. The Labute approximate surface area is 256 Å². The molecule has 0 unspecified atom stereocenters. The maximum Gasteiger partial charge on any atom is 0.419 e. The molecule has 2 aromatic carbocycles. The number of carbonyl (C=O) groups is 2. The number of nitrogens with one attached hydrogen (secondary N) is 2. The van der Waals surface area contributed by atoms with E-state index in [1.54, 1.807) is 12.1 Å². The van der Waals surface area contributed by atoms with Gasteiger partial charge in [-0.2, -0.15) is 5.10 Å². The van der Waals surface area contributed by atoms with E-state index in [0.29, 0.717) is 24.1 Å². The Hall–Kier alpha value is -4.55. The van der Waals surface area contributed by atoms with E-state index in [1.165, 1.54) is 13.3 Å². The number of aromatic nitrogens is 4. The topological polar surface area (TPSA) is 144 Å². The van der Waals surface area contributed by atoms with Gasteiger partial charge in [0.25, 0.3) is 0 Å². The lowest BCUT2D eigenvalue weighted by Crippen LogP contribution is -2.49. The van der Waals surface area contributed by atoms with Crippen molar-refractivity contribution in [3.05, 3.63) is 60.4 Å². The fraction of sp³-hybridized carbons (Fsp3) is 0.406. The highest BCUT2D eigenvalue weighted by Gasteiger charge is 2.30. The SMILES string of the molecule is CC(=O)OC(=O)Nc1ccccc1CNc1ccc(-c2nn(C3CCC(N4CCN(C)CC4)CC3)c3ncnc(N)c23)cc1. The zero-order valence-electron chi connectivity index (χ0n) is 25.2. The lowest BCUT2D eigenvalue weighted by molar-refractivity contribution is -0.134. The second-order valence-electron chi connectivity index (χ2n) is 11.6. The number of para-hydroxylation sites is 1. The lowest BCUT2D eigenvalue weighted by atomic mass is 9.90. The second-order valence-corrected chi connectivity index (χ2v) is 11.6. The van der Waals surface area contributed by atoms with Crippen LogP contribution in [0.1, 0.15) is 44.2 Å². The minimum absolute atomic E-state index is 0.270. The molecular weight excluding hydrogens is 558 g/mol. The Morgan fingerprint density at radius 3 is 2.39 bits per heavy atom. The van der Waals surface area contributed by atoms with Gasteiger partial charge in [-0.3, -0.25) is 15.0 Å². The minimum Gasteiger partial charge on any atom is -0.383 e. The third-order valence-electron chi connectivity index (χ3n) is 8.72. The number of fused-ring (bicyclic) bond motifs is 1. The zero-order valence-corrected chi connectivity index (χ0v) is 25.2. The van der Waals surface area contributed by atoms with Crippen LogP contribution in [0.15, 0.2) is 54.9 Å². The molecule has 12 nitrogen and oxygen atoms in total. The van der Waals surface area contributed by atoms with Crippen molar-refractivity contribution < 1.29 is 14.3 Å². The Kier molecular flexibility index (Phi) is 8.71. The molecule has 0 spiro atoms. The molecule has 2 aliphatic rings. The summed E-state index contributed by atoms with van der Waals surface area (Å²) in [5, 5.41) is 11.9. The molecule has 44 heavy (non-hydrogen) atoms. The van der Waals surface area contributed by atoms with Crippen molar-refractivity contribution in [1.29, 1.82) is 0 Å². The number of likely N-dealkylation sites (N-methyl/N-ethyl adjacent to an activating group) is 1. The number of nitrogens with zero attached hydrogens (tertiary/aromatic N) is 6. The van der Waals surface area contributed by atoms with Crippen molar-refractivity contribution >= 4 is 40.3 Å².